The number of nitrogens with zero attached hydrogens (tertiary/aromatic N) is 1. The van der Waals surface area contributed by atoms with E-state index >= 15 is 0 Å². The van der Waals surface area contributed by atoms with Crippen LogP contribution in [0.4, 0.5) is 0 Å². The first-order chi connectivity index (χ1) is 7.05. The highest BCUT2D eigenvalue weighted by Gasteiger charge is 2.39. The van der Waals surface area contributed by atoms with Crippen molar-refractivity contribution in [2.45, 2.75) is 51.3 Å². The van der Waals surface area contributed by atoms with Crippen LogP contribution in [0.2, 0.25) is 0 Å². The van der Waals surface area contributed by atoms with Gasteiger partial charge in [0.15, 0.2) is 0 Å². The molecule has 0 bridgehead atoms. The van der Waals surface area contributed by atoms with Crippen molar-refractivity contribution in [1.29, 1.82) is 0 Å². The minimum absolute atomic E-state index is 0.0628. The summed E-state index contributed by atoms with van der Waals surface area (Å²) in [5.41, 5.74) is 1.00. The van der Waals surface area contributed by atoms with E-state index in [2.05, 4.69) is 18.8 Å². The third-order valence-corrected chi connectivity index (χ3v) is 3.93. The molecular formula is C12H18ClNO. The Morgan fingerprint density at radius 2 is 2.13 bits per heavy atom. The fourth-order valence-electron chi connectivity index (χ4n) is 2.13. The van der Waals surface area contributed by atoms with Gasteiger partial charge >= 0.3 is 0 Å². The largest absolute Gasteiger partial charge is 0.444 e. The maximum Gasteiger partial charge on any atom is 0.200 e. The fourth-order valence-corrected chi connectivity index (χ4v) is 2.38. The second kappa shape index (κ2) is 3.82. The summed E-state index contributed by atoms with van der Waals surface area (Å²) in [5.74, 6) is 2.82. The van der Waals surface area contributed by atoms with Crippen molar-refractivity contribution in [2.75, 3.05) is 0 Å². The second-order valence-electron chi connectivity index (χ2n) is 5.01. The molecule has 1 aliphatic rings. The van der Waals surface area contributed by atoms with Gasteiger partial charge < -0.3 is 4.42 Å². The molecule has 0 N–H and O–H groups in total. The SMILES string of the molecule is Cc1nc(C(C)(C)C2CCC2)oc1CCl. The van der Waals surface area contributed by atoms with Crippen molar-refractivity contribution in [1.82, 2.24) is 4.98 Å². The Labute approximate surface area is 96.0 Å². The lowest BCUT2D eigenvalue weighted by Crippen LogP contribution is -2.33. The van der Waals surface area contributed by atoms with E-state index in [0.717, 1.165) is 23.3 Å². The maximum absolute atomic E-state index is 5.79. The molecule has 1 aromatic heterocycles. The summed E-state index contributed by atoms with van der Waals surface area (Å²) in [5, 5.41) is 0. The number of hydrogen-bond acceptors (Lipinski definition) is 2. The van der Waals surface area contributed by atoms with Crippen molar-refractivity contribution in [3.63, 3.8) is 0 Å². The average molecular weight is 228 g/mol. The molecule has 15 heavy (non-hydrogen) atoms. The molecule has 0 atom stereocenters. The summed E-state index contributed by atoms with van der Waals surface area (Å²) in [6.45, 7) is 6.40. The van der Waals surface area contributed by atoms with Gasteiger partial charge in [0, 0.05) is 5.41 Å². The predicted octanol–water partition coefficient (Wildman–Crippen LogP) is 3.80. The fraction of sp³-hybridized carbons (Fsp3) is 0.750. The van der Waals surface area contributed by atoms with Gasteiger partial charge in [0.1, 0.15) is 5.76 Å². The molecule has 1 saturated carbocycles. The van der Waals surface area contributed by atoms with Crippen LogP contribution in [0.3, 0.4) is 0 Å². The third kappa shape index (κ3) is 1.80. The van der Waals surface area contributed by atoms with E-state index in [4.69, 9.17) is 16.0 Å². The van der Waals surface area contributed by atoms with Crippen LogP contribution in [0.25, 0.3) is 0 Å². The van der Waals surface area contributed by atoms with Crippen molar-refractivity contribution < 1.29 is 4.42 Å². The van der Waals surface area contributed by atoms with Crippen LogP contribution < -0.4 is 0 Å². The Bertz CT molecular complexity index is 353. The Balaban J connectivity index is 2.27. The summed E-state index contributed by atoms with van der Waals surface area (Å²) in [6.07, 6.45) is 3.94. The van der Waals surface area contributed by atoms with Gasteiger partial charge in [-0.15, -0.1) is 11.6 Å². The molecule has 0 spiro atoms. The number of oxazole rings is 1. The monoisotopic (exact) mass is 227 g/mol. The van der Waals surface area contributed by atoms with Crippen molar-refractivity contribution in [2.24, 2.45) is 5.92 Å². The number of halogens is 1. The average Bonchev–Trinajstić information content (AvgIpc) is 2.43. The Kier molecular flexibility index (Phi) is 2.80. The van der Waals surface area contributed by atoms with E-state index in [1.807, 2.05) is 6.92 Å². The molecule has 1 fully saturated rings. The van der Waals surface area contributed by atoms with Gasteiger partial charge in [-0.2, -0.15) is 0 Å². The molecule has 84 valence electrons. The van der Waals surface area contributed by atoms with E-state index < -0.39 is 0 Å². The van der Waals surface area contributed by atoms with Gasteiger partial charge in [0.2, 0.25) is 5.89 Å². The number of hydrogen-bond donors (Lipinski definition) is 0. The van der Waals surface area contributed by atoms with Gasteiger partial charge in [0.05, 0.1) is 11.6 Å². The van der Waals surface area contributed by atoms with Crippen molar-refractivity contribution in [3.8, 4) is 0 Å². The smallest absolute Gasteiger partial charge is 0.200 e. The summed E-state index contributed by atoms with van der Waals surface area (Å²) >= 11 is 5.79. The van der Waals surface area contributed by atoms with Crippen LogP contribution >= 0.6 is 11.6 Å². The summed E-state index contributed by atoms with van der Waals surface area (Å²) in [7, 11) is 0. The quantitative estimate of drug-likeness (QED) is 0.735. The van der Waals surface area contributed by atoms with E-state index in [0.29, 0.717) is 5.88 Å². The molecule has 0 saturated heterocycles. The van der Waals surface area contributed by atoms with Crippen LogP contribution in [0.15, 0.2) is 4.42 Å². The van der Waals surface area contributed by atoms with E-state index in [1.54, 1.807) is 0 Å². The highest BCUT2D eigenvalue weighted by molar-refractivity contribution is 6.16. The molecule has 1 aromatic rings. The Morgan fingerprint density at radius 1 is 1.47 bits per heavy atom. The molecule has 0 aromatic carbocycles. The molecular weight excluding hydrogens is 210 g/mol. The minimum atomic E-state index is 0.0628. The van der Waals surface area contributed by atoms with E-state index in [-0.39, 0.29) is 5.41 Å². The highest BCUT2D eigenvalue weighted by Crippen LogP contribution is 2.43. The zero-order valence-electron chi connectivity index (χ0n) is 9.64. The van der Waals surface area contributed by atoms with Crippen LogP contribution in [0, 0.1) is 12.8 Å². The van der Waals surface area contributed by atoms with Gasteiger partial charge in [-0.25, -0.2) is 4.98 Å². The molecule has 0 radical (unpaired) electrons. The van der Waals surface area contributed by atoms with Crippen LogP contribution in [-0.4, -0.2) is 4.98 Å². The lowest BCUT2D eigenvalue weighted by atomic mass is 9.67. The van der Waals surface area contributed by atoms with Gasteiger partial charge in [0.25, 0.3) is 0 Å². The minimum Gasteiger partial charge on any atom is -0.444 e. The zero-order chi connectivity index (χ0) is 11.1. The Morgan fingerprint density at radius 3 is 2.53 bits per heavy atom. The van der Waals surface area contributed by atoms with Crippen LogP contribution in [0.1, 0.15) is 50.5 Å². The maximum atomic E-state index is 5.79. The normalized spacial score (nSPS) is 17.9. The first kappa shape index (κ1) is 11.0. The molecule has 2 nitrogen and oxygen atoms in total. The molecule has 2 rings (SSSR count). The molecule has 0 aliphatic heterocycles. The third-order valence-electron chi connectivity index (χ3n) is 3.69. The first-order valence-electron chi connectivity index (χ1n) is 5.58. The number of rotatable bonds is 3. The summed E-state index contributed by atoms with van der Waals surface area (Å²) in [6, 6.07) is 0. The lowest BCUT2D eigenvalue weighted by Gasteiger charge is -2.37. The summed E-state index contributed by atoms with van der Waals surface area (Å²) in [4.78, 5) is 4.50. The zero-order valence-corrected chi connectivity index (χ0v) is 10.4. The summed E-state index contributed by atoms with van der Waals surface area (Å²) < 4.78 is 5.74. The number of aromatic nitrogens is 1. The standard InChI is InChI=1S/C12H18ClNO/c1-8-10(7-13)15-11(14-8)12(2,3)9-5-4-6-9/h9H,4-7H2,1-3H3. The van der Waals surface area contributed by atoms with Crippen LogP contribution in [-0.2, 0) is 11.3 Å². The molecule has 0 unspecified atom stereocenters. The lowest BCUT2D eigenvalue weighted by molar-refractivity contribution is 0.161. The van der Waals surface area contributed by atoms with Gasteiger partial charge in [-0.1, -0.05) is 20.3 Å². The van der Waals surface area contributed by atoms with E-state index in [1.165, 1.54) is 19.3 Å². The molecule has 3 heteroatoms. The number of alkyl halides is 1. The topological polar surface area (TPSA) is 26.0 Å². The molecule has 0 amide bonds. The number of aryl methyl sites for hydroxylation is 1. The molecule has 1 aliphatic carbocycles. The van der Waals surface area contributed by atoms with Gasteiger partial charge in [-0.05, 0) is 25.7 Å². The first-order valence-corrected chi connectivity index (χ1v) is 6.12. The van der Waals surface area contributed by atoms with Crippen molar-refractivity contribution >= 4 is 11.6 Å². The van der Waals surface area contributed by atoms with Gasteiger partial charge in [-0.3, -0.25) is 0 Å². The highest BCUT2D eigenvalue weighted by atomic mass is 35.5. The van der Waals surface area contributed by atoms with Crippen molar-refractivity contribution in [3.05, 3.63) is 17.3 Å². The van der Waals surface area contributed by atoms with Crippen LogP contribution in [0.5, 0.6) is 0 Å². The predicted molar refractivity (Wildman–Crippen MR) is 61.2 cm³/mol. The Hall–Kier alpha value is -0.500. The second-order valence-corrected chi connectivity index (χ2v) is 5.28. The molecule has 1 heterocycles. The van der Waals surface area contributed by atoms with E-state index in [9.17, 15) is 0 Å².